The monoisotopic (exact) mass is 392 g/mol. The molecule has 0 aliphatic carbocycles. The Labute approximate surface area is 164 Å². The molecule has 0 spiro atoms. The van der Waals surface area contributed by atoms with E-state index in [9.17, 15) is 9.59 Å². The maximum atomic E-state index is 11.8. The van der Waals surface area contributed by atoms with E-state index in [0.717, 1.165) is 26.2 Å². The summed E-state index contributed by atoms with van der Waals surface area (Å²) in [5.74, 6) is 0.342. The molecule has 0 radical (unpaired) electrons. The molecule has 3 amide bonds. The van der Waals surface area contributed by atoms with Crippen molar-refractivity contribution >= 4 is 24.0 Å². The van der Waals surface area contributed by atoms with E-state index < -0.39 is 11.9 Å². The first-order valence-electron chi connectivity index (χ1n) is 9.25. The molecule has 2 rings (SSSR count). The number of urea groups is 1. The van der Waals surface area contributed by atoms with Crippen LogP contribution in [0.1, 0.15) is 19.5 Å². The molecule has 1 fully saturated rings. The van der Waals surface area contributed by atoms with Gasteiger partial charge < -0.3 is 24.6 Å². The van der Waals surface area contributed by atoms with Crippen LogP contribution in [0.25, 0.3) is 6.08 Å². The fourth-order valence-electron chi connectivity index (χ4n) is 2.54. The minimum Gasteiger partial charge on any atom is -0.475 e. The van der Waals surface area contributed by atoms with Gasteiger partial charge in [0.2, 0.25) is 11.8 Å². The number of carbonyl (C=O) groups excluding carboxylic acids is 2. The number of likely N-dealkylation sites (N-methyl/N-ethyl adjacent to an activating group) is 2. The predicted octanol–water partition coefficient (Wildman–Crippen LogP) is 0.460. The van der Waals surface area contributed by atoms with Crippen LogP contribution in [0.15, 0.2) is 11.8 Å². The molecule has 10 nitrogen and oxygen atoms in total. The van der Waals surface area contributed by atoms with E-state index in [1.54, 1.807) is 13.2 Å². The Morgan fingerprint density at radius 2 is 1.86 bits per heavy atom. The number of nitrogens with one attached hydrogen (secondary N) is 2. The molecule has 0 unspecified atom stereocenters. The first-order valence-corrected chi connectivity index (χ1v) is 9.25. The highest BCUT2D eigenvalue weighted by Crippen LogP contribution is 2.17. The molecule has 2 N–H and O–H groups in total. The summed E-state index contributed by atoms with van der Waals surface area (Å²) in [6.45, 7) is 8.54. The summed E-state index contributed by atoms with van der Waals surface area (Å²) in [5.41, 5.74) is 0.586. The smallest absolute Gasteiger partial charge is 0.326 e. The summed E-state index contributed by atoms with van der Waals surface area (Å²) >= 11 is 0. The maximum absolute atomic E-state index is 11.8. The van der Waals surface area contributed by atoms with E-state index in [1.165, 1.54) is 6.08 Å². The molecule has 2 heterocycles. The Hall–Kier alpha value is -2.72. The van der Waals surface area contributed by atoms with Gasteiger partial charge in [0.15, 0.2) is 0 Å². The van der Waals surface area contributed by atoms with Crippen molar-refractivity contribution in [2.75, 3.05) is 58.5 Å². The molecule has 10 heteroatoms. The topological polar surface area (TPSA) is 109 Å². The third-order valence-corrected chi connectivity index (χ3v) is 4.25. The van der Waals surface area contributed by atoms with Crippen LogP contribution in [-0.2, 0) is 9.53 Å². The lowest BCUT2D eigenvalue weighted by atomic mass is 10.3. The number of carbonyl (C=O) groups is 2. The molecule has 1 aliphatic heterocycles. The number of hydrogen-bond donors (Lipinski definition) is 2. The number of ether oxygens (including phenoxy) is 2. The first kappa shape index (κ1) is 21.6. The zero-order valence-corrected chi connectivity index (χ0v) is 16.8. The summed E-state index contributed by atoms with van der Waals surface area (Å²) in [6.07, 6.45) is 1.49. The Bertz CT molecular complexity index is 720. The lowest BCUT2D eigenvalue weighted by molar-refractivity contribution is -0.115. The van der Waals surface area contributed by atoms with Gasteiger partial charge in [-0.3, -0.25) is 10.1 Å². The van der Waals surface area contributed by atoms with E-state index >= 15 is 0 Å². The van der Waals surface area contributed by atoms with E-state index in [-0.39, 0.29) is 5.70 Å². The molecule has 0 aromatic carbocycles. The van der Waals surface area contributed by atoms with Gasteiger partial charge in [-0.05, 0) is 19.2 Å². The lowest BCUT2D eigenvalue weighted by Gasteiger charge is -2.23. The predicted molar refractivity (Wildman–Crippen MR) is 105 cm³/mol. The molecular formula is C18H28N6O4. The number of nitrogens with zero attached hydrogens (tertiary/aromatic N) is 4. The summed E-state index contributed by atoms with van der Waals surface area (Å²) < 4.78 is 10.6. The van der Waals surface area contributed by atoms with Crippen molar-refractivity contribution in [3.8, 4) is 5.88 Å². The molecule has 0 atom stereocenters. The summed E-state index contributed by atoms with van der Waals surface area (Å²) in [5, 5.41) is 4.61. The fraction of sp³-hybridized carbons (Fsp3) is 0.556. The number of methoxy groups -OCH3 is 1. The second-order valence-corrected chi connectivity index (χ2v) is 6.19. The van der Waals surface area contributed by atoms with Crippen LogP contribution in [-0.4, -0.2) is 80.4 Å². The lowest BCUT2D eigenvalue weighted by Crippen LogP contribution is -2.33. The van der Waals surface area contributed by atoms with Gasteiger partial charge in [0.25, 0.3) is 5.91 Å². The molecule has 28 heavy (non-hydrogen) atoms. The van der Waals surface area contributed by atoms with E-state index in [0.29, 0.717) is 30.7 Å². The summed E-state index contributed by atoms with van der Waals surface area (Å²) in [4.78, 5) is 36.3. The minimum atomic E-state index is -0.557. The second-order valence-electron chi connectivity index (χ2n) is 6.19. The molecular weight excluding hydrogens is 364 g/mol. The van der Waals surface area contributed by atoms with Crippen LogP contribution < -0.4 is 20.3 Å². The van der Waals surface area contributed by atoms with Crippen LogP contribution in [0.5, 0.6) is 5.88 Å². The van der Waals surface area contributed by atoms with Crippen molar-refractivity contribution in [1.29, 1.82) is 0 Å². The van der Waals surface area contributed by atoms with Crippen molar-refractivity contribution in [1.82, 2.24) is 25.5 Å². The zero-order chi connectivity index (χ0) is 20.5. The SMILES string of the molecule is CCN(CC)CCN(C)c1nc(C=C2NC(=O)NC2=O)cc(OCCOC)n1. The highest BCUT2D eigenvalue weighted by molar-refractivity contribution is 6.13. The third kappa shape index (κ3) is 6.17. The number of anilines is 1. The average Bonchev–Trinajstić information content (AvgIpc) is 2.99. The highest BCUT2D eigenvalue weighted by Gasteiger charge is 2.23. The van der Waals surface area contributed by atoms with Gasteiger partial charge in [-0.25, -0.2) is 9.78 Å². The molecule has 1 aromatic rings. The molecule has 1 aromatic heterocycles. The normalized spacial score (nSPS) is 15.1. The highest BCUT2D eigenvalue weighted by atomic mass is 16.5. The largest absolute Gasteiger partial charge is 0.475 e. The number of rotatable bonds is 11. The van der Waals surface area contributed by atoms with E-state index in [2.05, 4.69) is 39.3 Å². The Kier molecular flexibility index (Phi) is 8.15. The van der Waals surface area contributed by atoms with Gasteiger partial charge >= 0.3 is 6.03 Å². The Balaban J connectivity index is 2.22. The van der Waals surface area contributed by atoms with Gasteiger partial charge in [-0.1, -0.05) is 13.8 Å². The number of hydrogen-bond acceptors (Lipinski definition) is 8. The van der Waals surface area contributed by atoms with Crippen molar-refractivity contribution < 1.29 is 19.1 Å². The van der Waals surface area contributed by atoms with Crippen LogP contribution in [0.3, 0.4) is 0 Å². The van der Waals surface area contributed by atoms with Gasteiger partial charge in [0.05, 0.1) is 12.3 Å². The number of imide groups is 1. The van der Waals surface area contributed by atoms with Crippen LogP contribution >= 0.6 is 0 Å². The fourth-order valence-corrected chi connectivity index (χ4v) is 2.54. The van der Waals surface area contributed by atoms with Crippen LogP contribution in [0, 0.1) is 0 Å². The summed E-state index contributed by atoms with van der Waals surface area (Å²) in [7, 11) is 3.49. The quantitative estimate of drug-likeness (QED) is 0.318. The van der Waals surface area contributed by atoms with Crippen molar-refractivity contribution in [3.63, 3.8) is 0 Å². The van der Waals surface area contributed by atoms with E-state index in [1.807, 2.05) is 11.9 Å². The van der Waals surface area contributed by atoms with Crippen molar-refractivity contribution in [2.45, 2.75) is 13.8 Å². The minimum absolute atomic E-state index is 0.128. The van der Waals surface area contributed by atoms with Crippen LogP contribution in [0.4, 0.5) is 10.7 Å². The van der Waals surface area contributed by atoms with E-state index in [4.69, 9.17) is 9.47 Å². The zero-order valence-electron chi connectivity index (χ0n) is 16.8. The van der Waals surface area contributed by atoms with Gasteiger partial charge in [0, 0.05) is 33.3 Å². The molecule has 0 bridgehead atoms. The van der Waals surface area contributed by atoms with Gasteiger partial charge in [-0.15, -0.1) is 0 Å². The van der Waals surface area contributed by atoms with Crippen molar-refractivity contribution in [3.05, 3.63) is 17.5 Å². The molecule has 0 saturated carbocycles. The van der Waals surface area contributed by atoms with Gasteiger partial charge in [-0.2, -0.15) is 4.98 Å². The Morgan fingerprint density at radius 3 is 2.46 bits per heavy atom. The maximum Gasteiger partial charge on any atom is 0.326 e. The molecule has 1 aliphatic rings. The average molecular weight is 392 g/mol. The van der Waals surface area contributed by atoms with Crippen molar-refractivity contribution in [2.24, 2.45) is 0 Å². The van der Waals surface area contributed by atoms with Crippen LogP contribution in [0.2, 0.25) is 0 Å². The molecule has 154 valence electrons. The Morgan fingerprint density at radius 1 is 1.11 bits per heavy atom. The second kappa shape index (κ2) is 10.6. The third-order valence-electron chi connectivity index (χ3n) is 4.25. The standard InChI is InChI=1S/C18H28N6O4/c1-5-24(6-2)8-7-23(3)17-19-13(11-14-16(25)22-18(26)20-14)12-15(21-17)28-10-9-27-4/h11-12H,5-10H2,1-4H3,(H2,20,22,25,26). The van der Waals surface area contributed by atoms with Gasteiger partial charge in [0.1, 0.15) is 12.3 Å². The summed E-state index contributed by atoms with van der Waals surface area (Å²) in [6, 6.07) is 1.06. The number of aromatic nitrogens is 2. The molecule has 1 saturated heterocycles. The number of amides is 3. The first-order chi connectivity index (χ1) is 13.5.